The van der Waals surface area contributed by atoms with Crippen molar-refractivity contribution in [1.82, 2.24) is 9.71 Å². The smallest absolute Gasteiger partial charge is 0.251 e. The van der Waals surface area contributed by atoms with Crippen LogP contribution in [0.25, 0.3) is 10.9 Å². The molecule has 0 atom stereocenters. The SMILES string of the molecule is COc1ccc(C)cc1S(=O)(=O)NCCc1cc2ccccc2[nH]c1=O. The van der Waals surface area contributed by atoms with E-state index < -0.39 is 10.0 Å². The summed E-state index contributed by atoms with van der Waals surface area (Å²) in [6, 6.07) is 14.2. The summed E-state index contributed by atoms with van der Waals surface area (Å²) in [6.45, 7) is 1.92. The van der Waals surface area contributed by atoms with Crippen molar-refractivity contribution in [3.63, 3.8) is 0 Å². The molecule has 0 aliphatic rings. The molecule has 7 heteroatoms. The third-order valence-electron chi connectivity index (χ3n) is 4.13. The summed E-state index contributed by atoms with van der Waals surface area (Å²) in [5.74, 6) is 0.284. The molecular weight excluding hydrogens is 352 g/mol. The van der Waals surface area contributed by atoms with Gasteiger partial charge in [0, 0.05) is 17.6 Å². The van der Waals surface area contributed by atoms with Gasteiger partial charge in [-0.3, -0.25) is 4.79 Å². The Hall–Kier alpha value is -2.64. The van der Waals surface area contributed by atoms with E-state index in [9.17, 15) is 13.2 Å². The third-order valence-corrected chi connectivity index (χ3v) is 5.61. The summed E-state index contributed by atoms with van der Waals surface area (Å²) in [7, 11) is -2.31. The molecule has 3 rings (SSSR count). The molecule has 136 valence electrons. The minimum Gasteiger partial charge on any atom is -0.495 e. The lowest BCUT2D eigenvalue weighted by molar-refractivity contribution is 0.402. The lowest BCUT2D eigenvalue weighted by atomic mass is 10.1. The number of benzene rings is 2. The van der Waals surface area contributed by atoms with E-state index in [-0.39, 0.29) is 29.2 Å². The molecule has 0 saturated carbocycles. The number of nitrogens with one attached hydrogen (secondary N) is 2. The maximum Gasteiger partial charge on any atom is 0.251 e. The van der Waals surface area contributed by atoms with Gasteiger partial charge in [-0.15, -0.1) is 0 Å². The zero-order valence-corrected chi connectivity index (χ0v) is 15.4. The van der Waals surface area contributed by atoms with Crippen LogP contribution in [-0.4, -0.2) is 27.1 Å². The summed E-state index contributed by atoms with van der Waals surface area (Å²) in [5.41, 5.74) is 1.89. The number of pyridine rings is 1. The highest BCUT2D eigenvalue weighted by Gasteiger charge is 2.19. The molecule has 3 aromatic rings. The largest absolute Gasteiger partial charge is 0.495 e. The highest BCUT2D eigenvalue weighted by atomic mass is 32.2. The number of ether oxygens (including phenoxy) is 1. The molecule has 0 fully saturated rings. The second kappa shape index (κ2) is 7.31. The highest BCUT2D eigenvalue weighted by Crippen LogP contribution is 2.24. The van der Waals surface area contributed by atoms with Crippen LogP contribution in [-0.2, 0) is 16.4 Å². The van der Waals surface area contributed by atoms with Gasteiger partial charge in [0.2, 0.25) is 10.0 Å². The molecule has 0 aliphatic carbocycles. The fraction of sp³-hybridized carbons (Fsp3) is 0.211. The van der Waals surface area contributed by atoms with Crippen molar-refractivity contribution < 1.29 is 13.2 Å². The number of hydrogen-bond acceptors (Lipinski definition) is 4. The second-order valence-corrected chi connectivity index (χ2v) is 7.75. The Kier molecular flexibility index (Phi) is 5.11. The van der Waals surface area contributed by atoms with Crippen LogP contribution in [0.3, 0.4) is 0 Å². The first kappa shape index (κ1) is 18.2. The van der Waals surface area contributed by atoms with E-state index in [4.69, 9.17) is 4.74 Å². The summed E-state index contributed by atoms with van der Waals surface area (Å²) in [4.78, 5) is 15.1. The topological polar surface area (TPSA) is 88.3 Å². The number of para-hydroxylation sites is 1. The van der Waals surface area contributed by atoms with Crippen LogP contribution in [0, 0.1) is 6.92 Å². The van der Waals surface area contributed by atoms with E-state index in [2.05, 4.69) is 9.71 Å². The van der Waals surface area contributed by atoms with Crippen molar-refractivity contribution in [2.75, 3.05) is 13.7 Å². The molecule has 0 amide bonds. The summed E-state index contributed by atoms with van der Waals surface area (Å²) >= 11 is 0. The lowest BCUT2D eigenvalue weighted by Gasteiger charge is -2.11. The Balaban J connectivity index is 1.78. The molecule has 1 aromatic heterocycles. The van der Waals surface area contributed by atoms with Crippen LogP contribution in [0.1, 0.15) is 11.1 Å². The van der Waals surface area contributed by atoms with Crippen LogP contribution in [0.5, 0.6) is 5.75 Å². The number of rotatable bonds is 6. The number of aryl methyl sites for hydroxylation is 1. The zero-order chi connectivity index (χ0) is 18.7. The minimum absolute atomic E-state index is 0.0902. The molecule has 2 aromatic carbocycles. The highest BCUT2D eigenvalue weighted by molar-refractivity contribution is 7.89. The fourth-order valence-electron chi connectivity index (χ4n) is 2.77. The first-order chi connectivity index (χ1) is 12.4. The van der Waals surface area contributed by atoms with Gasteiger partial charge >= 0.3 is 0 Å². The van der Waals surface area contributed by atoms with Crippen molar-refractivity contribution >= 4 is 20.9 Å². The fourth-order valence-corrected chi connectivity index (χ4v) is 4.05. The van der Waals surface area contributed by atoms with Crippen molar-refractivity contribution in [2.45, 2.75) is 18.2 Å². The van der Waals surface area contributed by atoms with Crippen LogP contribution >= 0.6 is 0 Å². The van der Waals surface area contributed by atoms with Crippen molar-refractivity contribution in [3.05, 3.63) is 70.0 Å². The lowest BCUT2D eigenvalue weighted by Crippen LogP contribution is -2.28. The van der Waals surface area contributed by atoms with Gasteiger partial charge in [-0.05, 0) is 48.6 Å². The predicted octanol–water partition coefficient (Wildman–Crippen LogP) is 2.37. The maximum absolute atomic E-state index is 12.6. The first-order valence-corrected chi connectivity index (χ1v) is 9.64. The number of aromatic amines is 1. The van der Waals surface area contributed by atoms with Gasteiger partial charge in [-0.1, -0.05) is 24.3 Å². The minimum atomic E-state index is -3.74. The van der Waals surface area contributed by atoms with Gasteiger partial charge in [-0.25, -0.2) is 13.1 Å². The quantitative estimate of drug-likeness (QED) is 0.695. The van der Waals surface area contributed by atoms with Crippen molar-refractivity contribution in [2.24, 2.45) is 0 Å². The van der Waals surface area contributed by atoms with Gasteiger partial charge in [0.25, 0.3) is 5.56 Å². The summed E-state index contributed by atoms with van der Waals surface area (Å²) < 4.78 is 32.8. The normalized spacial score (nSPS) is 11.6. The van der Waals surface area contributed by atoms with E-state index in [1.54, 1.807) is 24.3 Å². The maximum atomic E-state index is 12.6. The average Bonchev–Trinajstić information content (AvgIpc) is 2.62. The Morgan fingerprint density at radius 3 is 2.65 bits per heavy atom. The van der Waals surface area contributed by atoms with Crippen LogP contribution in [0.15, 0.2) is 58.2 Å². The third kappa shape index (κ3) is 3.79. The number of fused-ring (bicyclic) bond motifs is 1. The van der Waals surface area contributed by atoms with Crippen molar-refractivity contribution in [3.8, 4) is 5.75 Å². The second-order valence-electron chi connectivity index (χ2n) is 6.01. The molecule has 2 N–H and O–H groups in total. The monoisotopic (exact) mass is 372 g/mol. The van der Waals surface area contributed by atoms with Gasteiger partial charge < -0.3 is 9.72 Å². The van der Waals surface area contributed by atoms with E-state index in [0.717, 1.165) is 16.5 Å². The Morgan fingerprint density at radius 2 is 1.88 bits per heavy atom. The number of aromatic nitrogens is 1. The number of sulfonamides is 1. The number of hydrogen-bond donors (Lipinski definition) is 2. The van der Waals surface area contributed by atoms with E-state index >= 15 is 0 Å². The number of H-pyrrole nitrogens is 1. The van der Waals surface area contributed by atoms with Crippen molar-refractivity contribution in [1.29, 1.82) is 0 Å². The molecule has 0 radical (unpaired) electrons. The standard InChI is InChI=1S/C19H20N2O4S/c1-13-7-8-17(25-2)18(11-13)26(23,24)20-10-9-15-12-14-5-3-4-6-16(14)21-19(15)22/h3-8,11-12,20H,9-10H2,1-2H3,(H,21,22). The molecule has 6 nitrogen and oxygen atoms in total. The molecule has 0 saturated heterocycles. The van der Waals surface area contributed by atoms with Crippen LogP contribution in [0.4, 0.5) is 0 Å². The van der Waals surface area contributed by atoms with Gasteiger partial charge in [-0.2, -0.15) is 0 Å². The van der Waals surface area contributed by atoms with E-state index in [0.29, 0.717) is 5.56 Å². The van der Waals surface area contributed by atoms with E-state index in [1.807, 2.05) is 31.2 Å². The molecule has 0 spiro atoms. The van der Waals surface area contributed by atoms with E-state index in [1.165, 1.54) is 7.11 Å². The summed E-state index contributed by atoms with van der Waals surface area (Å²) in [6.07, 6.45) is 0.285. The molecule has 0 aliphatic heterocycles. The summed E-state index contributed by atoms with van der Waals surface area (Å²) in [5, 5.41) is 0.908. The Bertz CT molecular complexity index is 1100. The molecule has 1 heterocycles. The zero-order valence-electron chi connectivity index (χ0n) is 14.6. The average molecular weight is 372 g/mol. The molecule has 26 heavy (non-hydrogen) atoms. The van der Waals surface area contributed by atoms with Crippen LogP contribution < -0.4 is 15.0 Å². The number of methoxy groups -OCH3 is 1. The predicted molar refractivity (Wildman–Crippen MR) is 101 cm³/mol. The Labute approximate surface area is 151 Å². The molecule has 0 unspecified atom stereocenters. The first-order valence-electron chi connectivity index (χ1n) is 8.16. The molecule has 0 bridgehead atoms. The van der Waals surface area contributed by atoms with Gasteiger partial charge in [0.05, 0.1) is 7.11 Å². The molecular formula is C19H20N2O4S. The van der Waals surface area contributed by atoms with Gasteiger partial charge in [0.15, 0.2) is 0 Å². The van der Waals surface area contributed by atoms with Gasteiger partial charge in [0.1, 0.15) is 10.6 Å². The van der Waals surface area contributed by atoms with Crippen LogP contribution in [0.2, 0.25) is 0 Å². The Morgan fingerprint density at radius 1 is 1.12 bits per heavy atom.